The van der Waals surface area contributed by atoms with E-state index in [1.54, 1.807) is 6.08 Å². The molecule has 0 radical (unpaired) electrons. The zero-order valence-electron chi connectivity index (χ0n) is 13.1. The minimum atomic E-state index is -0.441. The first-order valence-corrected chi connectivity index (χ1v) is 8.83. The third kappa shape index (κ3) is 3.49. The lowest BCUT2D eigenvalue weighted by Crippen LogP contribution is -2.03. The molecule has 0 spiro atoms. The van der Waals surface area contributed by atoms with Crippen LogP contribution in [0.15, 0.2) is 50.7 Å². The van der Waals surface area contributed by atoms with Gasteiger partial charge in [0, 0.05) is 21.1 Å². The van der Waals surface area contributed by atoms with Crippen molar-refractivity contribution in [1.29, 1.82) is 0 Å². The molecule has 3 rings (SSSR count). The number of halogens is 1. The van der Waals surface area contributed by atoms with Crippen molar-refractivity contribution in [3.63, 3.8) is 0 Å². The Morgan fingerprint density at radius 2 is 2.08 bits per heavy atom. The molecule has 0 atom stereocenters. The van der Waals surface area contributed by atoms with E-state index in [2.05, 4.69) is 20.9 Å². The van der Waals surface area contributed by atoms with Crippen LogP contribution in [-0.2, 0) is 9.53 Å². The number of carbonyl (C=O) groups excluding carboxylic acids is 1. The van der Waals surface area contributed by atoms with Gasteiger partial charge in [0.05, 0.1) is 12.7 Å². The molecule has 2 heterocycles. The van der Waals surface area contributed by atoms with E-state index < -0.39 is 5.97 Å². The predicted octanol–water partition coefficient (Wildman–Crippen LogP) is 5.19. The van der Waals surface area contributed by atoms with E-state index in [-0.39, 0.29) is 0 Å². The summed E-state index contributed by atoms with van der Waals surface area (Å²) in [6, 6.07) is 11.5. The van der Waals surface area contributed by atoms with Crippen LogP contribution in [0.2, 0.25) is 0 Å². The maximum Gasteiger partial charge on any atom is 0.341 e. The Morgan fingerprint density at radius 3 is 2.75 bits per heavy atom. The molecule has 2 aromatic heterocycles. The van der Waals surface area contributed by atoms with Gasteiger partial charge >= 0.3 is 5.97 Å². The number of thiazole rings is 1. The smallest absolute Gasteiger partial charge is 0.341 e. The maximum atomic E-state index is 12.1. The summed E-state index contributed by atoms with van der Waals surface area (Å²) in [4.78, 5) is 16.4. The van der Waals surface area contributed by atoms with Crippen LogP contribution in [0.4, 0.5) is 0 Å². The van der Waals surface area contributed by atoms with Gasteiger partial charge in [0.15, 0.2) is 0 Å². The summed E-state index contributed by atoms with van der Waals surface area (Å²) in [5, 5.41) is 2.50. The number of aryl methyl sites for hydroxylation is 1. The molecule has 0 N–H and O–H groups in total. The van der Waals surface area contributed by atoms with Crippen LogP contribution >= 0.6 is 27.3 Å². The molecule has 122 valence electrons. The maximum absolute atomic E-state index is 12.1. The fourth-order valence-corrected chi connectivity index (χ4v) is 3.46. The third-order valence-corrected chi connectivity index (χ3v) is 4.99. The quantitative estimate of drug-likeness (QED) is 0.444. The summed E-state index contributed by atoms with van der Waals surface area (Å²) in [6.45, 7) is 1.88. The van der Waals surface area contributed by atoms with Crippen LogP contribution in [-0.4, -0.2) is 18.1 Å². The van der Waals surface area contributed by atoms with Gasteiger partial charge in [0.25, 0.3) is 0 Å². The zero-order valence-corrected chi connectivity index (χ0v) is 15.5. The number of esters is 1. The summed E-state index contributed by atoms with van der Waals surface area (Å²) in [5.41, 5.74) is 2.18. The van der Waals surface area contributed by atoms with Gasteiger partial charge in [0.2, 0.25) is 0 Å². The predicted molar refractivity (Wildman–Crippen MR) is 98.6 cm³/mol. The van der Waals surface area contributed by atoms with E-state index in [1.807, 2.05) is 48.7 Å². The molecule has 0 aliphatic rings. The summed E-state index contributed by atoms with van der Waals surface area (Å²) < 4.78 is 11.7. The largest absolute Gasteiger partial charge is 0.465 e. The lowest BCUT2D eigenvalue weighted by atomic mass is 10.2. The van der Waals surface area contributed by atoms with E-state index in [4.69, 9.17) is 9.15 Å². The van der Waals surface area contributed by atoms with Crippen LogP contribution in [0.5, 0.6) is 0 Å². The Hall–Kier alpha value is -2.18. The zero-order chi connectivity index (χ0) is 17.1. The molecular formula is C18H14BrNO3S. The Balaban J connectivity index is 1.99. The number of carbonyl (C=O) groups is 1. The molecule has 3 aromatic rings. The third-order valence-electron chi connectivity index (χ3n) is 3.31. The van der Waals surface area contributed by atoms with Gasteiger partial charge in [-0.05, 0) is 31.2 Å². The SMILES string of the molecule is COC(=O)/C(=C\c1ccc(-c2ccccc2Br)o1)c1nc(C)cs1. The number of methoxy groups -OCH3 is 1. The van der Waals surface area contributed by atoms with Crippen LogP contribution in [0.25, 0.3) is 23.0 Å². The van der Waals surface area contributed by atoms with Crippen molar-refractivity contribution in [3.05, 3.63) is 62.7 Å². The van der Waals surface area contributed by atoms with Crippen molar-refractivity contribution in [1.82, 2.24) is 4.98 Å². The first-order chi connectivity index (χ1) is 11.6. The van der Waals surface area contributed by atoms with Crippen LogP contribution in [0.1, 0.15) is 16.5 Å². The monoisotopic (exact) mass is 403 g/mol. The minimum Gasteiger partial charge on any atom is -0.465 e. The Labute approximate surface area is 151 Å². The second-order valence-corrected chi connectivity index (χ2v) is 6.74. The van der Waals surface area contributed by atoms with Gasteiger partial charge in [-0.15, -0.1) is 11.3 Å². The summed E-state index contributed by atoms with van der Waals surface area (Å²) in [6.07, 6.45) is 1.66. The molecular weight excluding hydrogens is 390 g/mol. The molecule has 24 heavy (non-hydrogen) atoms. The van der Waals surface area contributed by atoms with Crippen LogP contribution in [0, 0.1) is 6.92 Å². The molecule has 0 aliphatic carbocycles. The summed E-state index contributed by atoms with van der Waals surface area (Å²) >= 11 is 4.91. The Bertz CT molecular complexity index is 910. The van der Waals surface area contributed by atoms with Crippen LogP contribution in [0.3, 0.4) is 0 Å². The first kappa shape index (κ1) is 16.7. The Morgan fingerprint density at radius 1 is 1.29 bits per heavy atom. The van der Waals surface area contributed by atoms with Gasteiger partial charge in [-0.3, -0.25) is 0 Å². The van der Waals surface area contributed by atoms with Gasteiger partial charge in [0.1, 0.15) is 16.5 Å². The molecule has 0 saturated heterocycles. The molecule has 0 fully saturated rings. The Kier molecular flexibility index (Phi) is 4.97. The molecule has 0 unspecified atom stereocenters. The van der Waals surface area contributed by atoms with Gasteiger partial charge in [-0.2, -0.15) is 0 Å². The standard InChI is InChI=1S/C18H14BrNO3S/c1-11-10-24-17(20-11)14(18(21)22-2)9-12-7-8-16(23-12)13-5-3-4-6-15(13)19/h3-10H,1-2H3/b14-9-. The van der Waals surface area contributed by atoms with E-state index in [0.29, 0.717) is 22.1 Å². The number of ether oxygens (including phenoxy) is 1. The second-order valence-electron chi connectivity index (χ2n) is 5.03. The second kappa shape index (κ2) is 7.15. The number of hydrogen-bond acceptors (Lipinski definition) is 5. The number of hydrogen-bond donors (Lipinski definition) is 0. The highest BCUT2D eigenvalue weighted by Gasteiger charge is 2.17. The fraction of sp³-hybridized carbons (Fsp3) is 0.111. The number of rotatable bonds is 4. The minimum absolute atomic E-state index is 0.378. The highest BCUT2D eigenvalue weighted by molar-refractivity contribution is 9.10. The highest BCUT2D eigenvalue weighted by Crippen LogP contribution is 2.31. The van der Waals surface area contributed by atoms with Crippen molar-refractivity contribution < 1.29 is 13.9 Å². The van der Waals surface area contributed by atoms with Crippen molar-refractivity contribution in [2.75, 3.05) is 7.11 Å². The normalized spacial score (nSPS) is 11.5. The average Bonchev–Trinajstić information content (AvgIpc) is 3.21. The lowest BCUT2D eigenvalue weighted by Gasteiger charge is -2.02. The fourth-order valence-electron chi connectivity index (χ4n) is 2.17. The van der Waals surface area contributed by atoms with Crippen molar-refractivity contribution >= 4 is 44.9 Å². The molecule has 0 amide bonds. The number of aromatic nitrogens is 1. The van der Waals surface area contributed by atoms with E-state index in [0.717, 1.165) is 15.7 Å². The lowest BCUT2D eigenvalue weighted by molar-refractivity contribution is -0.133. The van der Waals surface area contributed by atoms with Gasteiger partial charge in [-0.1, -0.05) is 34.1 Å². The molecule has 0 saturated carbocycles. The van der Waals surface area contributed by atoms with E-state index in [1.165, 1.54) is 18.4 Å². The molecule has 4 nitrogen and oxygen atoms in total. The van der Waals surface area contributed by atoms with Crippen LogP contribution < -0.4 is 0 Å². The molecule has 0 aliphatic heterocycles. The molecule has 1 aromatic carbocycles. The number of nitrogens with zero attached hydrogens (tertiary/aromatic N) is 1. The number of furan rings is 1. The van der Waals surface area contributed by atoms with Gasteiger partial charge in [-0.25, -0.2) is 9.78 Å². The first-order valence-electron chi connectivity index (χ1n) is 7.15. The van der Waals surface area contributed by atoms with Crippen molar-refractivity contribution in [2.24, 2.45) is 0 Å². The molecule has 0 bridgehead atoms. The molecule has 6 heteroatoms. The van der Waals surface area contributed by atoms with Gasteiger partial charge < -0.3 is 9.15 Å². The van der Waals surface area contributed by atoms with E-state index in [9.17, 15) is 4.79 Å². The summed E-state index contributed by atoms with van der Waals surface area (Å²) in [7, 11) is 1.35. The average molecular weight is 404 g/mol. The topological polar surface area (TPSA) is 52.3 Å². The van der Waals surface area contributed by atoms with E-state index >= 15 is 0 Å². The van der Waals surface area contributed by atoms with Crippen molar-refractivity contribution in [2.45, 2.75) is 6.92 Å². The highest BCUT2D eigenvalue weighted by atomic mass is 79.9. The van der Waals surface area contributed by atoms with Crippen molar-refractivity contribution in [3.8, 4) is 11.3 Å². The summed E-state index contributed by atoms with van der Waals surface area (Å²) in [5.74, 6) is 0.838. The number of benzene rings is 1.